The molecular weight excluding hydrogens is 409 g/mol. The molecule has 0 saturated heterocycles. The molecule has 0 amide bonds. The van der Waals surface area contributed by atoms with Crippen molar-refractivity contribution in [3.63, 3.8) is 0 Å². The predicted molar refractivity (Wildman–Crippen MR) is 103 cm³/mol. The minimum absolute atomic E-state index is 0.0337. The van der Waals surface area contributed by atoms with Gasteiger partial charge < -0.3 is 15.4 Å². The van der Waals surface area contributed by atoms with Crippen LogP contribution in [0.15, 0.2) is 58.4 Å². The maximum Gasteiger partial charge on any atom is 0.573 e. The third-order valence-corrected chi connectivity index (χ3v) is 4.76. The highest BCUT2D eigenvalue weighted by molar-refractivity contribution is 7.89. The molecule has 0 bridgehead atoms. The van der Waals surface area contributed by atoms with Gasteiger partial charge in [-0.05, 0) is 30.2 Å². The molecule has 7 nitrogen and oxygen atoms in total. The summed E-state index contributed by atoms with van der Waals surface area (Å²) in [6.07, 6.45) is -4.20. The first-order valence-corrected chi connectivity index (χ1v) is 10.0. The van der Waals surface area contributed by atoms with Crippen molar-refractivity contribution < 1.29 is 26.3 Å². The molecule has 29 heavy (non-hydrogen) atoms. The Morgan fingerprint density at radius 1 is 1.10 bits per heavy atom. The number of ether oxygens (including phenoxy) is 1. The summed E-state index contributed by atoms with van der Waals surface area (Å²) in [4.78, 5) is 4.05. The first-order chi connectivity index (χ1) is 13.6. The van der Waals surface area contributed by atoms with Gasteiger partial charge in [0.2, 0.25) is 10.0 Å². The van der Waals surface area contributed by atoms with Gasteiger partial charge in [0.25, 0.3) is 0 Å². The zero-order valence-corrected chi connectivity index (χ0v) is 16.3. The standard InChI is InChI=1S/C18H21F3N4O3S/c1-23-17(24-11-10-13-6-8-15(9-7-13)29(22,26)27)25-12-14-4-2-3-5-16(14)28-18(19,20)21/h2-9H,10-12H2,1H3,(H2,22,26,27)(H2,23,24,25). The van der Waals surface area contributed by atoms with Crippen LogP contribution in [0.2, 0.25) is 0 Å². The summed E-state index contributed by atoms with van der Waals surface area (Å²) < 4.78 is 64.0. The summed E-state index contributed by atoms with van der Waals surface area (Å²) in [5.41, 5.74) is 1.20. The van der Waals surface area contributed by atoms with Crippen molar-refractivity contribution in [3.05, 3.63) is 59.7 Å². The van der Waals surface area contributed by atoms with E-state index in [0.717, 1.165) is 5.56 Å². The van der Waals surface area contributed by atoms with E-state index in [-0.39, 0.29) is 17.2 Å². The second kappa shape index (κ2) is 9.61. The Hall–Kier alpha value is -2.79. The van der Waals surface area contributed by atoms with E-state index >= 15 is 0 Å². The van der Waals surface area contributed by atoms with Crippen LogP contribution in [-0.4, -0.2) is 34.3 Å². The van der Waals surface area contributed by atoms with E-state index in [0.29, 0.717) is 24.5 Å². The molecule has 0 radical (unpaired) electrons. The molecule has 0 spiro atoms. The molecule has 0 saturated carbocycles. The third kappa shape index (κ3) is 7.62. The quantitative estimate of drug-likeness (QED) is 0.461. The van der Waals surface area contributed by atoms with Crippen molar-refractivity contribution in [3.8, 4) is 5.75 Å². The van der Waals surface area contributed by atoms with Crippen LogP contribution in [0.25, 0.3) is 0 Å². The first kappa shape index (κ1) is 22.5. The predicted octanol–water partition coefficient (Wildman–Crippen LogP) is 2.14. The number of guanidine groups is 1. The molecule has 4 N–H and O–H groups in total. The van der Waals surface area contributed by atoms with Gasteiger partial charge in [-0.25, -0.2) is 13.6 Å². The lowest BCUT2D eigenvalue weighted by atomic mass is 10.1. The number of sulfonamides is 1. The van der Waals surface area contributed by atoms with Gasteiger partial charge in [-0.2, -0.15) is 0 Å². The lowest BCUT2D eigenvalue weighted by molar-refractivity contribution is -0.274. The van der Waals surface area contributed by atoms with E-state index in [4.69, 9.17) is 5.14 Å². The zero-order chi connectivity index (χ0) is 21.5. The van der Waals surface area contributed by atoms with Crippen LogP contribution < -0.4 is 20.5 Å². The van der Waals surface area contributed by atoms with Gasteiger partial charge in [0, 0.05) is 25.7 Å². The molecule has 2 aromatic rings. The average Bonchev–Trinajstić information content (AvgIpc) is 2.64. The molecule has 0 heterocycles. The van der Waals surface area contributed by atoms with Crippen molar-refractivity contribution in [2.75, 3.05) is 13.6 Å². The van der Waals surface area contributed by atoms with E-state index < -0.39 is 16.4 Å². The molecule has 2 aromatic carbocycles. The van der Waals surface area contributed by atoms with Gasteiger partial charge in [0.1, 0.15) is 5.75 Å². The van der Waals surface area contributed by atoms with E-state index in [9.17, 15) is 21.6 Å². The summed E-state index contributed by atoms with van der Waals surface area (Å²) in [6.45, 7) is 0.546. The number of nitrogens with one attached hydrogen (secondary N) is 2. The number of para-hydroxylation sites is 1. The Labute approximate surface area is 166 Å². The number of hydrogen-bond acceptors (Lipinski definition) is 4. The number of hydrogen-bond donors (Lipinski definition) is 3. The lowest BCUT2D eigenvalue weighted by Gasteiger charge is -2.15. The van der Waals surface area contributed by atoms with Crippen LogP contribution in [0.1, 0.15) is 11.1 Å². The van der Waals surface area contributed by atoms with Crippen molar-refractivity contribution in [1.82, 2.24) is 10.6 Å². The molecular formula is C18H21F3N4O3S. The fraction of sp³-hybridized carbons (Fsp3) is 0.278. The summed E-state index contributed by atoms with van der Waals surface area (Å²) in [6, 6.07) is 12.0. The molecule has 0 atom stereocenters. The second-order valence-corrected chi connectivity index (χ2v) is 7.51. The number of rotatable bonds is 7. The number of nitrogens with two attached hydrogens (primary N) is 1. The molecule has 2 rings (SSSR count). The average molecular weight is 430 g/mol. The fourth-order valence-corrected chi connectivity index (χ4v) is 2.96. The summed E-state index contributed by atoms with van der Waals surface area (Å²) in [5, 5.41) is 11.0. The molecule has 11 heteroatoms. The minimum Gasteiger partial charge on any atom is -0.405 e. The van der Waals surface area contributed by atoms with Gasteiger partial charge in [0.05, 0.1) is 4.90 Å². The normalized spacial score (nSPS) is 12.5. The molecule has 158 valence electrons. The van der Waals surface area contributed by atoms with E-state index in [2.05, 4.69) is 20.4 Å². The van der Waals surface area contributed by atoms with E-state index in [1.54, 1.807) is 18.2 Å². The van der Waals surface area contributed by atoms with Crippen LogP contribution in [0, 0.1) is 0 Å². The highest BCUT2D eigenvalue weighted by Gasteiger charge is 2.31. The highest BCUT2D eigenvalue weighted by Crippen LogP contribution is 2.26. The molecule has 0 fully saturated rings. The Morgan fingerprint density at radius 3 is 2.34 bits per heavy atom. The Morgan fingerprint density at radius 2 is 1.76 bits per heavy atom. The van der Waals surface area contributed by atoms with Crippen LogP contribution in [0.3, 0.4) is 0 Å². The number of nitrogens with zero attached hydrogens (tertiary/aromatic N) is 1. The monoisotopic (exact) mass is 430 g/mol. The maximum absolute atomic E-state index is 12.5. The van der Waals surface area contributed by atoms with E-state index in [1.807, 2.05) is 0 Å². The number of primary sulfonamides is 1. The smallest absolute Gasteiger partial charge is 0.405 e. The maximum atomic E-state index is 12.5. The van der Waals surface area contributed by atoms with Gasteiger partial charge in [0.15, 0.2) is 5.96 Å². The molecule has 0 aromatic heterocycles. The van der Waals surface area contributed by atoms with Crippen molar-refractivity contribution in [1.29, 1.82) is 0 Å². The summed E-state index contributed by atoms with van der Waals surface area (Å²) in [5.74, 6) is 0.117. The third-order valence-electron chi connectivity index (χ3n) is 3.83. The molecule has 0 aliphatic carbocycles. The first-order valence-electron chi connectivity index (χ1n) is 8.48. The largest absolute Gasteiger partial charge is 0.573 e. The van der Waals surface area contributed by atoms with Crippen molar-refractivity contribution >= 4 is 16.0 Å². The molecule has 0 aliphatic rings. The second-order valence-electron chi connectivity index (χ2n) is 5.95. The Bertz CT molecular complexity index is 946. The molecule has 0 aliphatic heterocycles. The SMILES string of the molecule is CN=C(NCCc1ccc(S(N)(=O)=O)cc1)NCc1ccccc1OC(F)(F)F. The Balaban J connectivity index is 1.88. The van der Waals surface area contributed by atoms with Crippen LogP contribution in [0.4, 0.5) is 13.2 Å². The summed E-state index contributed by atoms with van der Waals surface area (Å²) in [7, 11) is -2.20. The fourth-order valence-electron chi connectivity index (χ4n) is 2.44. The number of aliphatic imine (C=N–C) groups is 1. The number of alkyl halides is 3. The van der Waals surface area contributed by atoms with Gasteiger partial charge in [-0.15, -0.1) is 13.2 Å². The Kier molecular flexibility index (Phi) is 7.46. The van der Waals surface area contributed by atoms with Gasteiger partial charge in [-0.3, -0.25) is 4.99 Å². The number of halogens is 3. The minimum atomic E-state index is -4.77. The number of benzene rings is 2. The zero-order valence-electron chi connectivity index (χ0n) is 15.5. The lowest BCUT2D eigenvalue weighted by Crippen LogP contribution is -2.38. The summed E-state index contributed by atoms with van der Waals surface area (Å²) >= 11 is 0. The highest BCUT2D eigenvalue weighted by atomic mass is 32.2. The van der Waals surface area contributed by atoms with Crippen molar-refractivity contribution in [2.45, 2.75) is 24.2 Å². The topological polar surface area (TPSA) is 106 Å². The van der Waals surface area contributed by atoms with E-state index in [1.165, 1.54) is 37.4 Å². The van der Waals surface area contributed by atoms with Crippen LogP contribution in [0.5, 0.6) is 5.75 Å². The molecule has 0 unspecified atom stereocenters. The van der Waals surface area contributed by atoms with Crippen molar-refractivity contribution in [2.24, 2.45) is 10.1 Å². The van der Waals surface area contributed by atoms with Gasteiger partial charge >= 0.3 is 6.36 Å². The van der Waals surface area contributed by atoms with Gasteiger partial charge in [-0.1, -0.05) is 30.3 Å². The van der Waals surface area contributed by atoms with Crippen LogP contribution in [-0.2, 0) is 23.0 Å². The van der Waals surface area contributed by atoms with Crippen LogP contribution >= 0.6 is 0 Å².